The number of hydrogen-bond acceptors (Lipinski definition) is 5. The highest BCUT2D eigenvalue weighted by molar-refractivity contribution is 5.47. The summed E-state index contributed by atoms with van der Waals surface area (Å²) in [5.41, 5.74) is 8.41. The topological polar surface area (TPSA) is 59.8 Å². The van der Waals surface area contributed by atoms with Gasteiger partial charge in [-0.2, -0.15) is 0 Å². The molecule has 0 aromatic heterocycles. The fourth-order valence-electron chi connectivity index (χ4n) is 2.46. The van der Waals surface area contributed by atoms with Crippen LogP contribution in [0, 0.1) is 6.92 Å². The summed E-state index contributed by atoms with van der Waals surface area (Å²) in [6.45, 7) is 5.83. The Bertz CT molecular complexity index is 431. The molecular weight excluding hydrogens is 242 g/mol. The Morgan fingerprint density at radius 1 is 1.16 bits per heavy atom. The van der Waals surface area contributed by atoms with E-state index >= 15 is 0 Å². The Hall–Kier alpha value is -1.30. The molecule has 1 aliphatic heterocycles. The normalized spacial score (nSPS) is 18.1. The van der Waals surface area contributed by atoms with E-state index in [4.69, 9.17) is 15.2 Å². The Kier molecular flexibility index (Phi) is 4.63. The lowest BCUT2D eigenvalue weighted by atomic mass is 10.1. The zero-order valence-corrected chi connectivity index (χ0v) is 11.9. The number of nitrogens with two attached hydrogens (primary N) is 1. The third-order valence-corrected chi connectivity index (χ3v) is 3.61. The summed E-state index contributed by atoms with van der Waals surface area (Å²) < 4.78 is 10.8. The van der Waals surface area contributed by atoms with E-state index in [1.54, 1.807) is 14.2 Å². The van der Waals surface area contributed by atoms with Crippen molar-refractivity contribution in [2.24, 2.45) is 5.73 Å². The smallest absolute Gasteiger partial charge is 0.125 e. The fraction of sp³-hybridized carbons (Fsp3) is 0.571. The van der Waals surface area contributed by atoms with E-state index < -0.39 is 0 Å². The molecule has 0 spiro atoms. The van der Waals surface area contributed by atoms with Crippen LogP contribution in [0.25, 0.3) is 0 Å². The predicted molar refractivity (Wildman–Crippen MR) is 75.7 cm³/mol. The number of rotatable bonds is 4. The van der Waals surface area contributed by atoms with Crippen LogP contribution in [0.3, 0.4) is 0 Å². The second-order valence-electron chi connectivity index (χ2n) is 4.79. The highest BCUT2D eigenvalue weighted by Crippen LogP contribution is 2.32. The Morgan fingerprint density at radius 3 is 2.37 bits per heavy atom. The van der Waals surface area contributed by atoms with Gasteiger partial charge in [0.1, 0.15) is 11.5 Å². The van der Waals surface area contributed by atoms with Crippen LogP contribution in [0.4, 0.5) is 0 Å². The number of ether oxygens (including phenoxy) is 2. The lowest BCUT2D eigenvalue weighted by Gasteiger charge is -2.33. The molecule has 106 valence electrons. The first kappa shape index (κ1) is 14.1. The summed E-state index contributed by atoms with van der Waals surface area (Å²) >= 11 is 0. The third-order valence-electron chi connectivity index (χ3n) is 3.61. The maximum absolute atomic E-state index is 6.38. The summed E-state index contributed by atoms with van der Waals surface area (Å²) in [5, 5.41) is 3.33. The number of methoxy groups -OCH3 is 2. The van der Waals surface area contributed by atoms with Crippen molar-refractivity contribution in [3.8, 4) is 11.5 Å². The second kappa shape index (κ2) is 6.23. The lowest BCUT2D eigenvalue weighted by Crippen LogP contribution is -2.47. The van der Waals surface area contributed by atoms with Crippen molar-refractivity contribution in [3.63, 3.8) is 0 Å². The molecule has 1 unspecified atom stereocenters. The van der Waals surface area contributed by atoms with Crippen molar-refractivity contribution >= 4 is 0 Å². The van der Waals surface area contributed by atoms with Gasteiger partial charge in [0.15, 0.2) is 0 Å². The van der Waals surface area contributed by atoms with Gasteiger partial charge >= 0.3 is 0 Å². The molecule has 0 aliphatic carbocycles. The summed E-state index contributed by atoms with van der Waals surface area (Å²) in [7, 11) is 3.35. The van der Waals surface area contributed by atoms with Crippen LogP contribution in [-0.2, 0) is 0 Å². The van der Waals surface area contributed by atoms with Gasteiger partial charge in [-0.3, -0.25) is 4.90 Å². The van der Waals surface area contributed by atoms with E-state index in [-0.39, 0.29) is 6.17 Å². The zero-order valence-electron chi connectivity index (χ0n) is 11.9. The van der Waals surface area contributed by atoms with E-state index in [0.29, 0.717) is 0 Å². The van der Waals surface area contributed by atoms with Crippen molar-refractivity contribution in [1.82, 2.24) is 10.2 Å². The SMILES string of the molecule is COc1cc(C(N)N2CCNCC2)c(OC)cc1C. The highest BCUT2D eigenvalue weighted by Gasteiger charge is 2.22. The lowest BCUT2D eigenvalue weighted by molar-refractivity contribution is 0.174. The van der Waals surface area contributed by atoms with Crippen LogP contribution in [-0.4, -0.2) is 45.3 Å². The molecule has 1 saturated heterocycles. The van der Waals surface area contributed by atoms with Gasteiger partial charge in [0.2, 0.25) is 0 Å². The average Bonchev–Trinajstić information content (AvgIpc) is 2.47. The minimum absolute atomic E-state index is 0.161. The second-order valence-corrected chi connectivity index (χ2v) is 4.79. The average molecular weight is 265 g/mol. The quantitative estimate of drug-likeness (QED) is 0.846. The molecular formula is C14H23N3O2. The maximum atomic E-state index is 6.38. The molecule has 1 aliphatic rings. The van der Waals surface area contributed by atoms with E-state index in [0.717, 1.165) is 48.8 Å². The molecule has 0 bridgehead atoms. The van der Waals surface area contributed by atoms with Crippen LogP contribution in [0.5, 0.6) is 11.5 Å². The van der Waals surface area contributed by atoms with E-state index in [1.807, 2.05) is 19.1 Å². The molecule has 19 heavy (non-hydrogen) atoms. The van der Waals surface area contributed by atoms with E-state index in [1.165, 1.54) is 0 Å². The summed E-state index contributed by atoms with van der Waals surface area (Å²) in [5.74, 6) is 1.67. The number of nitrogens with zero attached hydrogens (tertiary/aromatic N) is 1. The number of benzene rings is 1. The summed E-state index contributed by atoms with van der Waals surface area (Å²) in [6, 6.07) is 3.97. The van der Waals surface area contributed by atoms with Gasteiger partial charge in [0.25, 0.3) is 0 Å². The first-order valence-corrected chi connectivity index (χ1v) is 6.60. The van der Waals surface area contributed by atoms with Gasteiger partial charge in [-0.15, -0.1) is 0 Å². The molecule has 0 radical (unpaired) electrons. The van der Waals surface area contributed by atoms with E-state index in [2.05, 4.69) is 10.2 Å². The van der Waals surface area contributed by atoms with Crippen LogP contribution in [0.2, 0.25) is 0 Å². The van der Waals surface area contributed by atoms with Crippen LogP contribution >= 0.6 is 0 Å². The van der Waals surface area contributed by atoms with Crippen molar-refractivity contribution < 1.29 is 9.47 Å². The number of nitrogens with one attached hydrogen (secondary N) is 1. The fourth-order valence-corrected chi connectivity index (χ4v) is 2.46. The van der Waals surface area contributed by atoms with Gasteiger partial charge in [-0.05, 0) is 24.6 Å². The minimum Gasteiger partial charge on any atom is -0.496 e. The van der Waals surface area contributed by atoms with Crippen LogP contribution in [0.15, 0.2) is 12.1 Å². The Morgan fingerprint density at radius 2 is 1.79 bits per heavy atom. The summed E-state index contributed by atoms with van der Waals surface area (Å²) in [4.78, 5) is 2.25. The molecule has 5 nitrogen and oxygen atoms in total. The minimum atomic E-state index is -0.161. The molecule has 2 rings (SSSR count). The van der Waals surface area contributed by atoms with Gasteiger partial charge in [-0.25, -0.2) is 0 Å². The molecule has 1 atom stereocenters. The zero-order chi connectivity index (χ0) is 13.8. The highest BCUT2D eigenvalue weighted by atomic mass is 16.5. The van der Waals surface area contributed by atoms with Gasteiger partial charge in [0, 0.05) is 31.7 Å². The first-order valence-electron chi connectivity index (χ1n) is 6.60. The summed E-state index contributed by atoms with van der Waals surface area (Å²) in [6.07, 6.45) is -0.161. The molecule has 5 heteroatoms. The first-order chi connectivity index (χ1) is 9.17. The molecule has 1 heterocycles. The van der Waals surface area contributed by atoms with Crippen LogP contribution < -0.4 is 20.5 Å². The maximum Gasteiger partial charge on any atom is 0.125 e. The van der Waals surface area contributed by atoms with Crippen molar-refractivity contribution in [2.45, 2.75) is 13.1 Å². The molecule has 0 amide bonds. The molecule has 1 aromatic carbocycles. The predicted octanol–water partition coefficient (Wildman–Crippen LogP) is 0.875. The van der Waals surface area contributed by atoms with Gasteiger partial charge < -0.3 is 20.5 Å². The van der Waals surface area contributed by atoms with Crippen molar-refractivity contribution in [3.05, 3.63) is 23.3 Å². The molecule has 1 aromatic rings. The van der Waals surface area contributed by atoms with Crippen LogP contribution in [0.1, 0.15) is 17.3 Å². The van der Waals surface area contributed by atoms with Gasteiger partial charge in [-0.1, -0.05) is 0 Å². The molecule has 1 fully saturated rings. The standard InChI is InChI=1S/C14H23N3O2/c1-10-8-13(19-3)11(9-12(10)18-2)14(15)17-6-4-16-5-7-17/h8-9,14,16H,4-7,15H2,1-3H3. The number of aryl methyl sites for hydroxylation is 1. The van der Waals surface area contributed by atoms with Crippen molar-refractivity contribution in [2.75, 3.05) is 40.4 Å². The number of hydrogen-bond donors (Lipinski definition) is 2. The van der Waals surface area contributed by atoms with Crippen molar-refractivity contribution in [1.29, 1.82) is 0 Å². The third kappa shape index (κ3) is 3.00. The molecule has 3 N–H and O–H groups in total. The monoisotopic (exact) mass is 265 g/mol. The van der Waals surface area contributed by atoms with Gasteiger partial charge in [0.05, 0.1) is 20.4 Å². The Labute approximate surface area is 114 Å². The molecule has 0 saturated carbocycles. The number of piperazine rings is 1. The largest absolute Gasteiger partial charge is 0.496 e. The Balaban J connectivity index is 2.30. The van der Waals surface area contributed by atoms with E-state index in [9.17, 15) is 0 Å².